The van der Waals surface area contributed by atoms with Crippen LogP contribution in [0.1, 0.15) is 12.5 Å². The van der Waals surface area contributed by atoms with Crippen molar-refractivity contribution < 1.29 is 9.50 Å². The topological polar surface area (TPSA) is 46.2 Å². The molecule has 1 rings (SSSR count). The van der Waals surface area contributed by atoms with Gasteiger partial charge in [-0.05, 0) is 17.7 Å². The molecule has 0 amide bonds. The Bertz CT molecular complexity index is 326. The minimum Gasteiger partial charge on any atom is -0.395 e. The number of benzene rings is 1. The van der Waals surface area contributed by atoms with Crippen LogP contribution >= 0.6 is 15.9 Å². The fraction of sp³-hybridized carbons (Fsp3) is 0.400. The van der Waals surface area contributed by atoms with Gasteiger partial charge < -0.3 is 10.8 Å². The maximum Gasteiger partial charge on any atom is 0.124 e. The molecule has 0 aromatic heterocycles. The van der Waals surface area contributed by atoms with Gasteiger partial charge in [0.05, 0.1) is 6.61 Å². The molecule has 0 saturated heterocycles. The van der Waals surface area contributed by atoms with Gasteiger partial charge in [-0.15, -0.1) is 0 Å². The van der Waals surface area contributed by atoms with Crippen molar-refractivity contribution in [3.05, 3.63) is 34.1 Å². The van der Waals surface area contributed by atoms with Crippen molar-refractivity contribution in [3.8, 4) is 0 Å². The molecule has 3 N–H and O–H groups in total. The van der Waals surface area contributed by atoms with E-state index >= 15 is 0 Å². The second-order valence-electron chi connectivity index (χ2n) is 3.55. The molecule has 0 spiro atoms. The first kappa shape index (κ1) is 11.6. The molecule has 4 heteroatoms. The monoisotopic (exact) mass is 261 g/mol. The molecule has 0 aliphatic rings. The highest BCUT2D eigenvalue weighted by atomic mass is 79.9. The molecule has 1 aromatic rings. The van der Waals surface area contributed by atoms with E-state index in [9.17, 15) is 9.50 Å². The molecule has 0 radical (unpaired) electrons. The van der Waals surface area contributed by atoms with Crippen LogP contribution in [0, 0.1) is 5.82 Å². The minimum absolute atomic E-state index is 0.0618. The van der Waals surface area contributed by atoms with Crippen molar-refractivity contribution in [1.82, 2.24) is 0 Å². The molecule has 1 atom stereocenters. The average molecular weight is 262 g/mol. The van der Waals surface area contributed by atoms with Crippen LogP contribution < -0.4 is 5.73 Å². The van der Waals surface area contributed by atoms with E-state index < -0.39 is 5.41 Å². The van der Waals surface area contributed by atoms with E-state index in [1.54, 1.807) is 6.07 Å². The van der Waals surface area contributed by atoms with Gasteiger partial charge in [0.2, 0.25) is 0 Å². The minimum atomic E-state index is -0.521. The third-order valence-electron chi connectivity index (χ3n) is 2.38. The SMILES string of the molecule is CC(CN)(CO)c1ccc(F)cc1Br. The van der Waals surface area contributed by atoms with Gasteiger partial charge in [0.25, 0.3) is 0 Å². The van der Waals surface area contributed by atoms with Crippen molar-refractivity contribution in [3.63, 3.8) is 0 Å². The molecule has 0 fully saturated rings. The third-order valence-corrected chi connectivity index (χ3v) is 3.04. The summed E-state index contributed by atoms with van der Waals surface area (Å²) in [7, 11) is 0. The smallest absolute Gasteiger partial charge is 0.124 e. The van der Waals surface area contributed by atoms with Crippen LogP contribution in [0.15, 0.2) is 22.7 Å². The second kappa shape index (κ2) is 4.38. The molecule has 1 aromatic carbocycles. The Labute approximate surface area is 91.1 Å². The van der Waals surface area contributed by atoms with Crippen LogP contribution in [0.3, 0.4) is 0 Å². The molecule has 1 unspecified atom stereocenters. The number of nitrogens with two attached hydrogens (primary N) is 1. The third kappa shape index (κ3) is 2.13. The molecule has 2 nitrogen and oxygen atoms in total. The molecular formula is C10H13BrFNO. The Morgan fingerprint density at radius 2 is 2.21 bits per heavy atom. The van der Waals surface area contributed by atoms with Crippen LogP contribution in [0.5, 0.6) is 0 Å². The van der Waals surface area contributed by atoms with Gasteiger partial charge in [0, 0.05) is 16.4 Å². The summed E-state index contributed by atoms with van der Waals surface area (Å²) in [5.41, 5.74) is 5.88. The molecule has 0 saturated carbocycles. The normalized spacial score (nSPS) is 15.2. The van der Waals surface area contributed by atoms with E-state index in [0.717, 1.165) is 5.56 Å². The van der Waals surface area contributed by atoms with E-state index in [2.05, 4.69) is 15.9 Å². The van der Waals surface area contributed by atoms with Crippen molar-refractivity contribution in [2.75, 3.05) is 13.2 Å². The lowest BCUT2D eigenvalue weighted by Gasteiger charge is -2.27. The summed E-state index contributed by atoms with van der Waals surface area (Å²) in [6.45, 7) is 2.09. The number of aliphatic hydroxyl groups excluding tert-OH is 1. The van der Waals surface area contributed by atoms with Crippen LogP contribution in [0.25, 0.3) is 0 Å². The van der Waals surface area contributed by atoms with Crippen molar-refractivity contribution >= 4 is 15.9 Å². The summed E-state index contributed by atoms with van der Waals surface area (Å²) in [4.78, 5) is 0. The van der Waals surface area contributed by atoms with Gasteiger partial charge in [-0.25, -0.2) is 4.39 Å². The second-order valence-corrected chi connectivity index (χ2v) is 4.40. The Balaban J connectivity index is 3.17. The molecular weight excluding hydrogens is 249 g/mol. The summed E-state index contributed by atoms with van der Waals surface area (Å²) in [6, 6.07) is 4.38. The lowest BCUT2D eigenvalue weighted by atomic mass is 9.83. The van der Waals surface area contributed by atoms with Gasteiger partial charge >= 0.3 is 0 Å². The zero-order chi connectivity index (χ0) is 10.8. The van der Waals surface area contributed by atoms with Gasteiger partial charge in [-0.2, -0.15) is 0 Å². The van der Waals surface area contributed by atoms with Gasteiger partial charge in [0.15, 0.2) is 0 Å². The van der Waals surface area contributed by atoms with Crippen molar-refractivity contribution in [1.29, 1.82) is 0 Å². The molecule has 14 heavy (non-hydrogen) atoms. The van der Waals surface area contributed by atoms with E-state index in [-0.39, 0.29) is 12.4 Å². The fourth-order valence-corrected chi connectivity index (χ4v) is 2.07. The van der Waals surface area contributed by atoms with Gasteiger partial charge in [-0.1, -0.05) is 28.9 Å². The number of hydrogen-bond acceptors (Lipinski definition) is 2. The molecule has 0 aliphatic carbocycles. The van der Waals surface area contributed by atoms with Crippen LogP contribution in [0.4, 0.5) is 4.39 Å². The highest BCUT2D eigenvalue weighted by Gasteiger charge is 2.26. The predicted molar refractivity (Wildman–Crippen MR) is 57.6 cm³/mol. The number of aliphatic hydroxyl groups is 1. The predicted octanol–water partition coefficient (Wildman–Crippen LogP) is 1.80. The molecule has 78 valence electrons. The van der Waals surface area contributed by atoms with E-state index in [1.165, 1.54) is 12.1 Å². The molecule has 0 aliphatic heterocycles. The van der Waals surface area contributed by atoms with Gasteiger partial charge in [0.1, 0.15) is 5.82 Å². The Hall–Kier alpha value is -0.450. The zero-order valence-corrected chi connectivity index (χ0v) is 9.51. The van der Waals surface area contributed by atoms with Crippen molar-refractivity contribution in [2.24, 2.45) is 5.73 Å². The first-order valence-corrected chi connectivity index (χ1v) is 5.09. The van der Waals surface area contributed by atoms with Gasteiger partial charge in [-0.3, -0.25) is 0 Å². The maximum absolute atomic E-state index is 12.8. The number of halogens is 2. The highest BCUT2D eigenvalue weighted by molar-refractivity contribution is 9.10. The first-order valence-electron chi connectivity index (χ1n) is 4.30. The molecule has 0 bridgehead atoms. The lowest BCUT2D eigenvalue weighted by Crippen LogP contribution is -2.35. The summed E-state index contributed by atoms with van der Waals surface area (Å²) in [5, 5.41) is 9.24. The van der Waals surface area contributed by atoms with E-state index in [4.69, 9.17) is 5.73 Å². The Morgan fingerprint density at radius 1 is 1.57 bits per heavy atom. The highest BCUT2D eigenvalue weighted by Crippen LogP contribution is 2.29. The number of rotatable bonds is 3. The van der Waals surface area contributed by atoms with E-state index in [0.29, 0.717) is 11.0 Å². The maximum atomic E-state index is 12.8. The molecule has 0 heterocycles. The van der Waals surface area contributed by atoms with E-state index in [1.807, 2.05) is 6.92 Å². The van der Waals surface area contributed by atoms with Crippen molar-refractivity contribution in [2.45, 2.75) is 12.3 Å². The fourth-order valence-electron chi connectivity index (χ4n) is 1.24. The standard InChI is InChI=1S/C10H13BrFNO/c1-10(5-13,6-14)8-3-2-7(12)4-9(8)11/h2-4,14H,5-6,13H2,1H3. The Kier molecular flexibility index (Phi) is 3.64. The summed E-state index contributed by atoms with van der Waals surface area (Å²) < 4.78 is 13.5. The summed E-state index contributed by atoms with van der Waals surface area (Å²) >= 11 is 3.26. The van der Waals surface area contributed by atoms with Crippen LogP contribution in [-0.2, 0) is 5.41 Å². The largest absolute Gasteiger partial charge is 0.395 e. The first-order chi connectivity index (χ1) is 6.53. The lowest BCUT2D eigenvalue weighted by molar-refractivity contribution is 0.209. The zero-order valence-electron chi connectivity index (χ0n) is 7.93. The Morgan fingerprint density at radius 3 is 2.64 bits per heavy atom. The number of hydrogen-bond donors (Lipinski definition) is 2. The van der Waals surface area contributed by atoms with Crippen LogP contribution in [0.2, 0.25) is 0 Å². The quantitative estimate of drug-likeness (QED) is 0.872. The summed E-state index contributed by atoms with van der Waals surface area (Å²) in [6.07, 6.45) is 0. The van der Waals surface area contributed by atoms with Crippen LogP contribution in [-0.4, -0.2) is 18.3 Å². The average Bonchev–Trinajstić information content (AvgIpc) is 2.17. The summed E-state index contributed by atoms with van der Waals surface area (Å²) in [5.74, 6) is -0.307.